The standard InChI is InChI=1S/C26H43NO5.C14H21N3O2S/c1-15(4-9-23(30)27-14-24(31)32)19-7-8-20-18-6-5-16-12-17(28)10-11-25(16,2)21(18)13-22(29)26(19,20)3;1-15-20(18,19)10-11-4-5-14-13(8-11)12(9-16-14)6-7-17(2)3/h15-22,28-29H,4-14H2,1-3H3,(H,27,30)(H,31,32);4-5,8-9,15-16H,6-7,10H2,1-3H3/t15-,16?,17-,18?,19-,20?,21?,22+,25+,26-;/m1./s1. The van der Waals surface area contributed by atoms with Gasteiger partial charge in [-0.25, -0.2) is 13.1 Å². The van der Waals surface area contributed by atoms with E-state index in [1.807, 2.05) is 38.5 Å². The van der Waals surface area contributed by atoms with Crippen molar-refractivity contribution < 1.29 is 33.3 Å². The number of nitrogens with one attached hydrogen (secondary N) is 3. The number of aromatic amines is 1. The minimum atomic E-state index is -3.23. The van der Waals surface area contributed by atoms with Gasteiger partial charge in [0.25, 0.3) is 0 Å². The summed E-state index contributed by atoms with van der Waals surface area (Å²) in [5.74, 6) is 1.85. The highest BCUT2D eigenvalue weighted by Gasteiger charge is 2.63. The largest absolute Gasteiger partial charge is 0.480 e. The number of carboxylic acid groups (broad SMARTS) is 1. The van der Waals surface area contributed by atoms with Crippen LogP contribution in [0.25, 0.3) is 10.9 Å². The molecule has 0 bridgehead atoms. The number of H-pyrrole nitrogens is 1. The highest BCUT2D eigenvalue weighted by Crippen LogP contribution is 2.68. The Balaban J connectivity index is 0.000000225. The van der Waals surface area contributed by atoms with Gasteiger partial charge in [-0.05, 0) is 155 Å². The van der Waals surface area contributed by atoms with Gasteiger partial charge < -0.3 is 30.5 Å². The fraction of sp³-hybridized carbons (Fsp3) is 0.750. The molecule has 4 saturated carbocycles. The van der Waals surface area contributed by atoms with Crippen LogP contribution in [0.4, 0.5) is 0 Å². The molecule has 4 fully saturated rings. The number of hydrogen-bond donors (Lipinski definition) is 6. The number of carboxylic acids is 1. The van der Waals surface area contributed by atoms with E-state index in [0.717, 1.165) is 74.4 Å². The lowest BCUT2D eigenvalue weighted by atomic mass is 9.43. The van der Waals surface area contributed by atoms with E-state index in [1.165, 1.54) is 25.5 Å². The van der Waals surface area contributed by atoms with Crippen LogP contribution in [-0.4, -0.2) is 91.9 Å². The molecular formula is C40H64N4O7S. The molecule has 6 rings (SSSR count). The van der Waals surface area contributed by atoms with Crippen molar-refractivity contribution in [2.24, 2.45) is 46.3 Å². The third kappa shape index (κ3) is 8.72. The van der Waals surface area contributed by atoms with Gasteiger partial charge in [-0.1, -0.05) is 26.8 Å². The highest BCUT2D eigenvalue weighted by molar-refractivity contribution is 7.88. The Morgan fingerprint density at radius 2 is 1.81 bits per heavy atom. The topological polar surface area (TPSA) is 172 Å². The van der Waals surface area contributed by atoms with Gasteiger partial charge in [0.15, 0.2) is 0 Å². The lowest BCUT2D eigenvalue weighted by Crippen LogP contribution is -2.58. The number of sulfonamides is 1. The predicted octanol–water partition coefficient (Wildman–Crippen LogP) is 4.92. The van der Waals surface area contributed by atoms with Gasteiger partial charge in [-0.2, -0.15) is 0 Å². The van der Waals surface area contributed by atoms with Gasteiger partial charge in [-0.3, -0.25) is 9.59 Å². The number of likely N-dealkylation sites (N-methyl/N-ethyl adjacent to an activating group) is 1. The van der Waals surface area contributed by atoms with Crippen molar-refractivity contribution in [2.45, 2.75) is 109 Å². The van der Waals surface area contributed by atoms with Crippen LogP contribution in [0.1, 0.15) is 96.1 Å². The number of amides is 1. The molecule has 0 saturated heterocycles. The van der Waals surface area contributed by atoms with E-state index in [4.69, 9.17) is 5.11 Å². The molecule has 4 aliphatic rings. The van der Waals surface area contributed by atoms with Crippen molar-refractivity contribution in [3.05, 3.63) is 35.5 Å². The molecule has 0 aliphatic heterocycles. The van der Waals surface area contributed by atoms with Crippen LogP contribution in [0.2, 0.25) is 0 Å². The Bertz CT molecular complexity index is 1660. The first kappa shape index (κ1) is 40.7. The summed E-state index contributed by atoms with van der Waals surface area (Å²) >= 11 is 0. The van der Waals surface area contributed by atoms with E-state index in [-0.39, 0.29) is 41.2 Å². The van der Waals surface area contributed by atoms with Crippen LogP contribution < -0.4 is 10.0 Å². The number of benzene rings is 1. The molecule has 6 N–H and O–H groups in total. The molecule has 12 heteroatoms. The summed E-state index contributed by atoms with van der Waals surface area (Å²) in [6.45, 7) is 7.61. The molecule has 292 valence electrons. The molecule has 1 aromatic heterocycles. The van der Waals surface area contributed by atoms with Gasteiger partial charge in [-0.15, -0.1) is 0 Å². The third-order valence-electron chi connectivity index (χ3n) is 14.1. The summed E-state index contributed by atoms with van der Waals surface area (Å²) in [5.41, 5.74) is 3.21. The van der Waals surface area contributed by atoms with Crippen LogP contribution >= 0.6 is 0 Å². The zero-order valence-corrected chi connectivity index (χ0v) is 33.0. The second kappa shape index (κ2) is 16.5. The highest BCUT2D eigenvalue weighted by atomic mass is 32.2. The Kier molecular flexibility index (Phi) is 12.9. The van der Waals surface area contributed by atoms with Crippen LogP contribution in [0, 0.1) is 46.3 Å². The third-order valence-corrected chi connectivity index (χ3v) is 15.4. The average molecular weight is 745 g/mol. The zero-order valence-electron chi connectivity index (χ0n) is 32.2. The number of hydrogen-bond acceptors (Lipinski definition) is 7. The number of aliphatic carboxylic acids is 1. The predicted molar refractivity (Wildman–Crippen MR) is 204 cm³/mol. The summed E-state index contributed by atoms with van der Waals surface area (Å²) in [6, 6.07) is 5.75. The maximum absolute atomic E-state index is 12.0. The van der Waals surface area contributed by atoms with Gasteiger partial charge in [0.05, 0.1) is 18.0 Å². The van der Waals surface area contributed by atoms with Crippen LogP contribution in [0.15, 0.2) is 24.4 Å². The number of aliphatic hydroxyl groups excluding tert-OH is 2. The molecule has 52 heavy (non-hydrogen) atoms. The van der Waals surface area contributed by atoms with Crippen molar-refractivity contribution in [3.63, 3.8) is 0 Å². The Labute approximate surface area is 310 Å². The first-order chi connectivity index (χ1) is 24.5. The van der Waals surface area contributed by atoms with E-state index in [2.05, 4.69) is 40.7 Å². The summed E-state index contributed by atoms with van der Waals surface area (Å²) in [4.78, 5) is 28.1. The van der Waals surface area contributed by atoms with E-state index in [9.17, 15) is 28.2 Å². The van der Waals surface area contributed by atoms with Gasteiger partial charge in [0.2, 0.25) is 15.9 Å². The van der Waals surface area contributed by atoms with E-state index in [1.54, 1.807) is 0 Å². The van der Waals surface area contributed by atoms with E-state index < -0.39 is 16.0 Å². The van der Waals surface area contributed by atoms with Gasteiger partial charge in [0.1, 0.15) is 6.54 Å². The first-order valence-corrected chi connectivity index (χ1v) is 21.1. The lowest BCUT2D eigenvalue weighted by molar-refractivity contribution is -0.175. The maximum Gasteiger partial charge on any atom is 0.322 e. The van der Waals surface area contributed by atoms with Crippen molar-refractivity contribution >= 4 is 32.8 Å². The van der Waals surface area contributed by atoms with Gasteiger partial charge in [0, 0.05) is 30.1 Å². The molecular weight excluding hydrogens is 681 g/mol. The number of nitrogens with zero attached hydrogens (tertiary/aromatic N) is 1. The normalized spacial score (nSPS) is 33.4. The fourth-order valence-corrected chi connectivity index (χ4v) is 11.9. The van der Waals surface area contributed by atoms with E-state index >= 15 is 0 Å². The molecule has 0 radical (unpaired) electrons. The molecule has 4 unspecified atom stereocenters. The van der Waals surface area contributed by atoms with Crippen LogP contribution in [0.5, 0.6) is 0 Å². The maximum atomic E-state index is 12.0. The molecule has 1 amide bonds. The summed E-state index contributed by atoms with van der Waals surface area (Å²) in [5, 5.41) is 34.1. The molecule has 1 aromatic carbocycles. The van der Waals surface area contributed by atoms with Crippen molar-refractivity contribution in [1.82, 2.24) is 19.9 Å². The molecule has 10 atom stereocenters. The summed E-state index contributed by atoms with van der Waals surface area (Å²) in [6.07, 6.45) is 12.1. The lowest BCUT2D eigenvalue weighted by Gasteiger charge is -2.62. The monoisotopic (exact) mass is 744 g/mol. The minimum absolute atomic E-state index is 0.0116. The summed E-state index contributed by atoms with van der Waals surface area (Å²) < 4.78 is 25.6. The van der Waals surface area contributed by atoms with Crippen molar-refractivity contribution in [3.8, 4) is 0 Å². The summed E-state index contributed by atoms with van der Waals surface area (Å²) in [7, 11) is 2.29. The Hall–Kier alpha value is -2.51. The number of carbonyl (C=O) groups excluding carboxylic acids is 1. The Morgan fingerprint density at radius 1 is 1.06 bits per heavy atom. The number of aromatic nitrogens is 1. The SMILES string of the molecule is CNS(=O)(=O)Cc1ccc2[nH]cc(CCN(C)C)c2c1.C[C@H](CCC(=O)NCC(=O)O)[C@H]1CCC2C3CCC4C[C@H](O)CC[C@]4(C)C3C[C@H](O)[C@@]21C. The number of rotatable bonds is 12. The number of fused-ring (bicyclic) bond motifs is 6. The minimum Gasteiger partial charge on any atom is -0.480 e. The van der Waals surface area contributed by atoms with Crippen molar-refractivity contribution in [1.29, 1.82) is 0 Å². The van der Waals surface area contributed by atoms with Gasteiger partial charge >= 0.3 is 5.97 Å². The molecule has 4 aliphatic carbocycles. The van der Waals surface area contributed by atoms with Crippen LogP contribution in [0.3, 0.4) is 0 Å². The van der Waals surface area contributed by atoms with Crippen LogP contribution in [-0.2, 0) is 31.8 Å². The zero-order chi connectivity index (χ0) is 38.0. The van der Waals surface area contributed by atoms with E-state index in [0.29, 0.717) is 41.9 Å². The quantitative estimate of drug-likeness (QED) is 0.178. The second-order valence-corrected chi connectivity index (χ2v) is 19.2. The Morgan fingerprint density at radius 3 is 2.50 bits per heavy atom. The second-order valence-electron chi connectivity index (χ2n) is 17.3. The smallest absolute Gasteiger partial charge is 0.322 e. The van der Waals surface area contributed by atoms with Crippen molar-refractivity contribution in [2.75, 3.05) is 34.2 Å². The number of carbonyl (C=O) groups is 2. The first-order valence-electron chi connectivity index (χ1n) is 19.5. The average Bonchev–Trinajstić information content (AvgIpc) is 3.67. The molecule has 11 nitrogen and oxygen atoms in total. The molecule has 2 aromatic rings. The number of aliphatic hydroxyl groups is 2. The molecule has 0 spiro atoms. The molecule has 1 heterocycles. The fourth-order valence-electron chi connectivity index (χ4n) is 11.1.